The number of likely N-dealkylation sites (N-methyl/N-ethyl adjacent to an activating group) is 1. The van der Waals surface area contributed by atoms with Crippen molar-refractivity contribution in [1.29, 1.82) is 0 Å². The van der Waals surface area contributed by atoms with Crippen LogP contribution < -0.4 is 9.47 Å². The first-order chi connectivity index (χ1) is 10.4. The van der Waals surface area contributed by atoms with Gasteiger partial charge in [0.05, 0.1) is 18.6 Å². The van der Waals surface area contributed by atoms with Crippen LogP contribution in [-0.4, -0.2) is 69.4 Å². The molecule has 0 saturated carbocycles. The van der Waals surface area contributed by atoms with E-state index in [4.69, 9.17) is 9.47 Å². The largest absolute Gasteiger partial charge is 0.497 e. The van der Waals surface area contributed by atoms with Crippen molar-refractivity contribution >= 4 is 9.84 Å². The van der Waals surface area contributed by atoms with E-state index in [1.54, 1.807) is 31.4 Å². The van der Waals surface area contributed by atoms with Crippen LogP contribution in [0.15, 0.2) is 24.3 Å². The minimum Gasteiger partial charge on any atom is -0.497 e. The highest BCUT2D eigenvalue weighted by atomic mass is 32.2. The van der Waals surface area contributed by atoms with Gasteiger partial charge < -0.3 is 14.6 Å². The molecule has 1 saturated heterocycles. The third kappa shape index (κ3) is 4.86. The summed E-state index contributed by atoms with van der Waals surface area (Å²) in [7, 11) is 0.527. The number of rotatable bonds is 7. The number of hydrogen-bond donors (Lipinski definition) is 1. The molecule has 1 heterocycles. The lowest BCUT2D eigenvalue weighted by Gasteiger charge is -2.25. The molecular formula is C15H23NO5S. The first kappa shape index (κ1) is 17.1. The maximum atomic E-state index is 11.5. The fourth-order valence-electron chi connectivity index (χ4n) is 2.52. The van der Waals surface area contributed by atoms with Crippen molar-refractivity contribution in [3.8, 4) is 11.5 Å². The van der Waals surface area contributed by atoms with Gasteiger partial charge in [0, 0.05) is 12.6 Å². The molecule has 1 aromatic rings. The van der Waals surface area contributed by atoms with E-state index in [-0.39, 0.29) is 24.2 Å². The summed E-state index contributed by atoms with van der Waals surface area (Å²) in [6, 6.07) is 7.12. The van der Waals surface area contributed by atoms with E-state index >= 15 is 0 Å². The number of sulfone groups is 1. The summed E-state index contributed by atoms with van der Waals surface area (Å²) in [5.74, 6) is 1.82. The number of methoxy groups -OCH3 is 1. The Morgan fingerprint density at radius 3 is 2.50 bits per heavy atom. The number of aliphatic hydroxyl groups excluding tert-OH is 1. The number of hydrogen-bond acceptors (Lipinski definition) is 6. The van der Waals surface area contributed by atoms with Crippen LogP contribution in [-0.2, 0) is 9.84 Å². The molecule has 0 unspecified atom stereocenters. The lowest BCUT2D eigenvalue weighted by atomic mass is 10.2. The molecule has 124 valence electrons. The van der Waals surface area contributed by atoms with Crippen molar-refractivity contribution in [2.24, 2.45) is 0 Å². The Morgan fingerprint density at radius 1 is 1.32 bits per heavy atom. The van der Waals surface area contributed by atoms with Crippen molar-refractivity contribution < 1.29 is 23.0 Å². The van der Waals surface area contributed by atoms with Gasteiger partial charge in [-0.2, -0.15) is 0 Å². The van der Waals surface area contributed by atoms with Crippen molar-refractivity contribution in [2.75, 3.05) is 38.8 Å². The second-order valence-electron chi connectivity index (χ2n) is 5.64. The molecule has 0 aromatic heterocycles. The van der Waals surface area contributed by atoms with E-state index < -0.39 is 15.9 Å². The van der Waals surface area contributed by atoms with Gasteiger partial charge >= 0.3 is 0 Å². The predicted octanol–water partition coefficient (Wildman–Crippen LogP) is 0.554. The molecule has 22 heavy (non-hydrogen) atoms. The summed E-state index contributed by atoms with van der Waals surface area (Å²) < 4.78 is 33.5. The second kappa shape index (κ2) is 7.30. The van der Waals surface area contributed by atoms with Crippen LogP contribution in [0, 0.1) is 0 Å². The first-order valence-electron chi connectivity index (χ1n) is 7.25. The predicted molar refractivity (Wildman–Crippen MR) is 84.2 cm³/mol. The van der Waals surface area contributed by atoms with Crippen LogP contribution in [0.5, 0.6) is 11.5 Å². The molecule has 7 heteroatoms. The molecule has 6 nitrogen and oxygen atoms in total. The summed E-state index contributed by atoms with van der Waals surface area (Å²) >= 11 is 0. The molecule has 2 atom stereocenters. The lowest BCUT2D eigenvalue weighted by Crippen LogP contribution is -2.40. The molecule has 2 rings (SSSR count). The van der Waals surface area contributed by atoms with Gasteiger partial charge in [0.1, 0.15) is 24.2 Å². The Morgan fingerprint density at radius 2 is 1.95 bits per heavy atom. The van der Waals surface area contributed by atoms with Crippen molar-refractivity contribution in [2.45, 2.75) is 18.6 Å². The Bertz CT molecular complexity index is 572. The van der Waals surface area contributed by atoms with Gasteiger partial charge in [0.2, 0.25) is 0 Å². The lowest BCUT2D eigenvalue weighted by molar-refractivity contribution is 0.0664. The van der Waals surface area contributed by atoms with Crippen LogP contribution in [0.25, 0.3) is 0 Å². The molecule has 1 aromatic carbocycles. The minimum atomic E-state index is -2.90. The Kier molecular flexibility index (Phi) is 5.66. The zero-order valence-corrected chi connectivity index (χ0v) is 13.8. The quantitative estimate of drug-likeness (QED) is 0.787. The molecule has 0 amide bonds. The smallest absolute Gasteiger partial charge is 0.151 e. The maximum absolute atomic E-state index is 11.5. The zero-order chi connectivity index (χ0) is 16.2. The van der Waals surface area contributed by atoms with Gasteiger partial charge in [-0.15, -0.1) is 0 Å². The molecule has 1 aliphatic heterocycles. The first-order valence-corrected chi connectivity index (χ1v) is 9.07. The SMILES string of the molecule is COc1ccc(OC[C@@H](O)CN(C)[C@@H]2CCS(=O)(=O)C2)cc1. The van der Waals surface area contributed by atoms with E-state index in [0.29, 0.717) is 18.7 Å². The van der Waals surface area contributed by atoms with Crippen LogP contribution in [0.1, 0.15) is 6.42 Å². The standard InChI is InChI=1S/C15H23NO5S/c1-16(12-7-8-22(18,19)11-12)9-13(17)10-21-15-5-3-14(20-2)4-6-15/h3-6,12-13,17H,7-11H2,1-2H3/t12-,13+/m1/s1. The topological polar surface area (TPSA) is 76.1 Å². The molecule has 0 aliphatic carbocycles. The zero-order valence-electron chi connectivity index (χ0n) is 12.9. The Hall–Kier alpha value is -1.31. The summed E-state index contributed by atoms with van der Waals surface area (Å²) in [5.41, 5.74) is 0. The van der Waals surface area contributed by atoms with Crippen LogP contribution in [0.2, 0.25) is 0 Å². The third-order valence-electron chi connectivity index (χ3n) is 3.83. The monoisotopic (exact) mass is 329 g/mol. The van der Waals surface area contributed by atoms with Gasteiger partial charge in [0.15, 0.2) is 9.84 Å². The highest BCUT2D eigenvalue weighted by Gasteiger charge is 2.31. The van der Waals surface area contributed by atoms with Crippen LogP contribution in [0.4, 0.5) is 0 Å². The molecule has 1 aliphatic rings. The second-order valence-corrected chi connectivity index (χ2v) is 7.87. The average molecular weight is 329 g/mol. The highest BCUT2D eigenvalue weighted by Crippen LogP contribution is 2.18. The van der Waals surface area contributed by atoms with Crippen LogP contribution in [0.3, 0.4) is 0 Å². The maximum Gasteiger partial charge on any atom is 0.151 e. The number of nitrogens with zero attached hydrogens (tertiary/aromatic N) is 1. The van der Waals surface area contributed by atoms with Gasteiger partial charge in [-0.05, 0) is 37.7 Å². The number of benzene rings is 1. The highest BCUT2D eigenvalue weighted by molar-refractivity contribution is 7.91. The van der Waals surface area contributed by atoms with E-state index in [1.165, 1.54) is 0 Å². The summed E-state index contributed by atoms with van der Waals surface area (Å²) in [4.78, 5) is 1.90. The van der Waals surface area contributed by atoms with Gasteiger partial charge in [0.25, 0.3) is 0 Å². The van der Waals surface area contributed by atoms with Crippen molar-refractivity contribution in [3.05, 3.63) is 24.3 Å². The molecule has 0 spiro atoms. The third-order valence-corrected chi connectivity index (χ3v) is 5.58. The van der Waals surface area contributed by atoms with E-state index in [2.05, 4.69) is 0 Å². The Labute approximate surface area is 131 Å². The van der Waals surface area contributed by atoms with Gasteiger partial charge in [-0.1, -0.05) is 0 Å². The summed E-state index contributed by atoms with van der Waals surface area (Å²) in [6.07, 6.45) is -0.0411. The summed E-state index contributed by atoms with van der Waals surface area (Å²) in [5, 5.41) is 10.0. The van der Waals surface area contributed by atoms with Crippen molar-refractivity contribution in [3.63, 3.8) is 0 Å². The fraction of sp³-hybridized carbons (Fsp3) is 0.600. The summed E-state index contributed by atoms with van der Waals surface area (Å²) in [6.45, 7) is 0.548. The van der Waals surface area contributed by atoms with Gasteiger partial charge in [-0.3, -0.25) is 4.90 Å². The fourth-order valence-corrected chi connectivity index (χ4v) is 4.33. The van der Waals surface area contributed by atoms with E-state index in [9.17, 15) is 13.5 Å². The molecular weight excluding hydrogens is 306 g/mol. The molecule has 1 fully saturated rings. The van der Waals surface area contributed by atoms with Crippen molar-refractivity contribution in [1.82, 2.24) is 4.90 Å². The van der Waals surface area contributed by atoms with E-state index in [1.807, 2.05) is 11.9 Å². The van der Waals surface area contributed by atoms with Crippen LogP contribution >= 0.6 is 0 Å². The number of aliphatic hydroxyl groups is 1. The van der Waals surface area contributed by atoms with Gasteiger partial charge in [-0.25, -0.2) is 8.42 Å². The number of ether oxygens (including phenoxy) is 2. The van der Waals surface area contributed by atoms with E-state index in [0.717, 1.165) is 5.75 Å². The molecule has 0 radical (unpaired) electrons. The Balaban J connectivity index is 1.76. The average Bonchev–Trinajstić information content (AvgIpc) is 2.86. The minimum absolute atomic E-state index is 0.0133. The molecule has 0 bridgehead atoms. The molecule has 1 N–H and O–H groups in total. The normalized spacial score (nSPS) is 21.7.